The molecule has 0 aliphatic rings. The van der Waals surface area contributed by atoms with Gasteiger partial charge in [-0.2, -0.15) is 0 Å². The van der Waals surface area contributed by atoms with Gasteiger partial charge in [0.15, 0.2) is 0 Å². The number of hydrogen-bond acceptors (Lipinski definition) is 3. The van der Waals surface area contributed by atoms with Crippen molar-refractivity contribution in [3.63, 3.8) is 0 Å². The Balaban J connectivity index is 2.05. The molecule has 0 saturated heterocycles. The fourth-order valence-electron chi connectivity index (χ4n) is 1.66. The molecule has 0 atom stereocenters. The Hall–Kier alpha value is -2.43. The molecule has 98 valence electrons. The highest BCUT2D eigenvalue weighted by Crippen LogP contribution is 2.12. The third-order valence-corrected chi connectivity index (χ3v) is 2.83. The number of rotatable bonds is 3. The minimum Gasteiger partial charge on any atom is -0.396 e. The van der Waals surface area contributed by atoms with E-state index in [2.05, 4.69) is 10.3 Å². The SMILES string of the molecule is Cc1cnccc1CNC(=O)c1ccc(F)c(N)c1. The average Bonchev–Trinajstić information content (AvgIpc) is 2.40. The molecule has 1 aromatic heterocycles. The summed E-state index contributed by atoms with van der Waals surface area (Å²) in [6, 6.07) is 5.75. The van der Waals surface area contributed by atoms with Crippen molar-refractivity contribution in [3.8, 4) is 0 Å². The number of carbonyl (C=O) groups excluding carboxylic acids is 1. The van der Waals surface area contributed by atoms with Gasteiger partial charge in [-0.05, 0) is 42.3 Å². The van der Waals surface area contributed by atoms with Crippen molar-refractivity contribution >= 4 is 11.6 Å². The number of halogens is 1. The smallest absolute Gasteiger partial charge is 0.251 e. The first kappa shape index (κ1) is 13.0. The maximum absolute atomic E-state index is 13.0. The number of pyridine rings is 1. The number of nitrogens with zero attached hydrogens (tertiary/aromatic N) is 1. The van der Waals surface area contributed by atoms with Gasteiger partial charge in [0.25, 0.3) is 5.91 Å². The third kappa shape index (κ3) is 3.07. The predicted octanol–water partition coefficient (Wildman–Crippen LogP) is 2.04. The van der Waals surface area contributed by atoms with Crippen LogP contribution >= 0.6 is 0 Å². The topological polar surface area (TPSA) is 68.0 Å². The molecule has 5 heteroatoms. The predicted molar refractivity (Wildman–Crippen MR) is 71.0 cm³/mol. The van der Waals surface area contributed by atoms with Crippen LogP contribution in [0.15, 0.2) is 36.7 Å². The number of aryl methyl sites for hydroxylation is 1. The molecule has 0 bridgehead atoms. The van der Waals surface area contributed by atoms with E-state index in [0.29, 0.717) is 12.1 Å². The number of aromatic nitrogens is 1. The normalized spacial score (nSPS) is 10.2. The summed E-state index contributed by atoms with van der Waals surface area (Å²) in [5.74, 6) is -0.815. The quantitative estimate of drug-likeness (QED) is 0.829. The van der Waals surface area contributed by atoms with Crippen molar-refractivity contribution in [2.75, 3.05) is 5.73 Å². The zero-order valence-corrected chi connectivity index (χ0v) is 10.5. The average molecular weight is 259 g/mol. The molecule has 0 spiro atoms. The van der Waals surface area contributed by atoms with Crippen LogP contribution < -0.4 is 11.1 Å². The summed E-state index contributed by atoms with van der Waals surface area (Å²) in [4.78, 5) is 15.9. The van der Waals surface area contributed by atoms with Gasteiger partial charge in [0, 0.05) is 24.5 Å². The van der Waals surface area contributed by atoms with E-state index in [1.807, 2.05) is 13.0 Å². The van der Waals surface area contributed by atoms with Gasteiger partial charge in [0.2, 0.25) is 0 Å². The van der Waals surface area contributed by atoms with Crippen molar-refractivity contribution in [1.29, 1.82) is 0 Å². The third-order valence-electron chi connectivity index (χ3n) is 2.83. The summed E-state index contributed by atoms with van der Waals surface area (Å²) in [5.41, 5.74) is 7.72. The highest BCUT2D eigenvalue weighted by Gasteiger charge is 2.08. The van der Waals surface area contributed by atoms with Crippen molar-refractivity contribution < 1.29 is 9.18 Å². The van der Waals surface area contributed by atoms with Gasteiger partial charge in [0.05, 0.1) is 5.69 Å². The van der Waals surface area contributed by atoms with Crippen LogP contribution in [0, 0.1) is 12.7 Å². The molecule has 2 aromatic rings. The molecule has 0 aliphatic carbocycles. The largest absolute Gasteiger partial charge is 0.396 e. The molecule has 0 aliphatic heterocycles. The zero-order valence-electron chi connectivity index (χ0n) is 10.5. The molecule has 19 heavy (non-hydrogen) atoms. The summed E-state index contributed by atoms with van der Waals surface area (Å²) in [6.45, 7) is 2.31. The molecular weight excluding hydrogens is 245 g/mol. The molecule has 3 N–H and O–H groups in total. The van der Waals surface area contributed by atoms with Crippen molar-refractivity contribution in [2.45, 2.75) is 13.5 Å². The number of carbonyl (C=O) groups is 1. The van der Waals surface area contributed by atoms with Gasteiger partial charge in [-0.3, -0.25) is 9.78 Å². The minimum absolute atomic E-state index is 0.0345. The van der Waals surface area contributed by atoms with Crippen LogP contribution in [0.5, 0.6) is 0 Å². The number of amides is 1. The lowest BCUT2D eigenvalue weighted by atomic mass is 10.1. The maximum Gasteiger partial charge on any atom is 0.251 e. The Morgan fingerprint density at radius 1 is 1.42 bits per heavy atom. The molecule has 0 radical (unpaired) electrons. The van der Waals surface area contributed by atoms with Gasteiger partial charge in [-0.15, -0.1) is 0 Å². The van der Waals surface area contributed by atoms with Crippen LogP contribution in [0.25, 0.3) is 0 Å². The summed E-state index contributed by atoms with van der Waals surface area (Å²) in [5, 5.41) is 2.76. The first-order valence-electron chi connectivity index (χ1n) is 5.80. The fourth-order valence-corrected chi connectivity index (χ4v) is 1.66. The maximum atomic E-state index is 13.0. The first-order chi connectivity index (χ1) is 9.08. The zero-order chi connectivity index (χ0) is 13.8. The Morgan fingerprint density at radius 2 is 2.21 bits per heavy atom. The summed E-state index contributed by atoms with van der Waals surface area (Å²) in [6.07, 6.45) is 3.40. The Morgan fingerprint density at radius 3 is 2.89 bits per heavy atom. The summed E-state index contributed by atoms with van der Waals surface area (Å²) >= 11 is 0. The Kier molecular flexibility index (Phi) is 3.75. The van der Waals surface area contributed by atoms with Gasteiger partial charge in [0.1, 0.15) is 5.82 Å². The number of anilines is 1. The second-order valence-electron chi connectivity index (χ2n) is 4.22. The lowest BCUT2D eigenvalue weighted by Crippen LogP contribution is -2.23. The molecule has 1 amide bonds. The number of nitrogens with two attached hydrogens (primary N) is 1. The highest BCUT2D eigenvalue weighted by molar-refractivity contribution is 5.95. The molecule has 1 heterocycles. The van der Waals surface area contributed by atoms with Gasteiger partial charge >= 0.3 is 0 Å². The molecule has 1 aromatic carbocycles. The second-order valence-corrected chi connectivity index (χ2v) is 4.22. The van der Waals surface area contributed by atoms with Crippen LogP contribution in [0.2, 0.25) is 0 Å². The molecule has 0 saturated carbocycles. The molecule has 0 fully saturated rings. The van der Waals surface area contributed by atoms with E-state index in [4.69, 9.17) is 5.73 Å². The van der Waals surface area contributed by atoms with Crippen molar-refractivity contribution in [2.24, 2.45) is 0 Å². The number of nitrogens with one attached hydrogen (secondary N) is 1. The van der Waals surface area contributed by atoms with Crippen LogP contribution in [0.1, 0.15) is 21.5 Å². The van der Waals surface area contributed by atoms with E-state index in [9.17, 15) is 9.18 Å². The van der Waals surface area contributed by atoms with E-state index in [1.165, 1.54) is 18.2 Å². The fraction of sp³-hybridized carbons (Fsp3) is 0.143. The molecule has 2 rings (SSSR count). The van der Waals surface area contributed by atoms with Crippen molar-refractivity contribution in [3.05, 3.63) is 59.2 Å². The van der Waals surface area contributed by atoms with E-state index in [0.717, 1.165) is 11.1 Å². The molecule has 0 unspecified atom stereocenters. The molecular formula is C14H14FN3O. The van der Waals surface area contributed by atoms with E-state index < -0.39 is 5.82 Å². The van der Waals surface area contributed by atoms with Crippen LogP contribution in [0.4, 0.5) is 10.1 Å². The van der Waals surface area contributed by atoms with Crippen LogP contribution in [0.3, 0.4) is 0 Å². The van der Waals surface area contributed by atoms with Gasteiger partial charge in [-0.1, -0.05) is 0 Å². The van der Waals surface area contributed by atoms with E-state index in [-0.39, 0.29) is 11.6 Å². The van der Waals surface area contributed by atoms with E-state index >= 15 is 0 Å². The number of nitrogen functional groups attached to an aromatic ring is 1. The van der Waals surface area contributed by atoms with Crippen LogP contribution in [-0.4, -0.2) is 10.9 Å². The van der Waals surface area contributed by atoms with E-state index in [1.54, 1.807) is 12.4 Å². The second kappa shape index (κ2) is 5.48. The monoisotopic (exact) mass is 259 g/mol. The highest BCUT2D eigenvalue weighted by atomic mass is 19.1. The standard InChI is InChI=1S/C14H14FN3O/c1-9-7-17-5-4-11(9)8-18-14(19)10-2-3-12(15)13(16)6-10/h2-7H,8,16H2,1H3,(H,18,19). The lowest BCUT2D eigenvalue weighted by molar-refractivity contribution is 0.0951. The lowest BCUT2D eigenvalue weighted by Gasteiger charge is -2.08. The number of benzene rings is 1. The van der Waals surface area contributed by atoms with Gasteiger partial charge < -0.3 is 11.1 Å². The number of hydrogen-bond donors (Lipinski definition) is 2. The molecule has 4 nitrogen and oxygen atoms in total. The summed E-state index contributed by atoms with van der Waals surface area (Å²) < 4.78 is 13.0. The Bertz CT molecular complexity index is 613. The van der Waals surface area contributed by atoms with Crippen molar-refractivity contribution in [1.82, 2.24) is 10.3 Å². The van der Waals surface area contributed by atoms with Gasteiger partial charge in [-0.25, -0.2) is 4.39 Å². The first-order valence-corrected chi connectivity index (χ1v) is 5.80. The minimum atomic E-state index is -0.526. The Labute approximate surface area is 110 Å². The van der Waals surface area contributed by atoms with Crippen LogP contribution in [-0.2, 0) is 6.54 Å². The summed E-state index contributed by atoms with van der Waals surface area (Å²) in [7, 11) is 0.